The fourth-order valence-corrected chi connectivity index (χ4v) is 3.93. The number of halogens is 3. The van der Waals surface area contributed by atoms with Gasteiger partial charge in [-0.2, -0.15) is 0 Å². The highest BCUT2D eigenvalue weighted by Crippen LogP contribution is 2.36. The second-order valence-corrected chi connectivity index (χ2v) is 8.77. The van der Waals surface area contributed by atoms with Crippen molar-refractivity contribution in [2.75, 3.05) is 20.2 Å². The Hall–Kier alpha value is -2.37. The van der Waals surface area contributed by atoms with Crippen molar-refractivity contribution in [2.45, 2.75) is 33.2 Å². The number of hydrogen-bond acceptors (Lipinski definition) is 3. The number of aliphatic hydroxyl groups excluding tert-OH is 1. The number of benzene rings is 1. The molecule has 0 saturated carbocycles. The Morgan fingerprint density at radius 3 is 2.68 bits per heavy atom. The SMILES string of the molecule is CC(C)C/C=C(/CO)N1C=C(C2=C(c3cc(Cl)c(F)cc3F)N(C)CC=C2)C=CC1C. The van der Waals surface area contributed by atoms with E-state index >= 15 is 0 Å². The summed E-state index contributed by atoms with van der Waals surface area (Å²) in [5.74, 6) is -0.954. The highest BCUT2D eigenvalue weighted by molar-refractivity contribution is 6.30. The van der Waals surface area contributed by atoms with Crippen molar-refractivity contribution < 1.29 is 13.9 Å². The minimum absolute atomic E-state index is 0.0701. The lowest BCUT2D eigenvalue weighted by Crippen LogP contribution is -2.31. The lowest BCUT2D eigenvalue weighted by molar-refractivity contribution is 0.271. The quantitative estimate of drug-likeness (QED) is 0.551. The first-order chi connectivity index (χ1) is 14.7. The van der Waals surface area contributed by atoms with Gasteiger partial charge in [-0.1, -0.05) is 55.8 Å². The highest BCUT2D eigenvalue weighted by atomic mass is 35.5. The highest BCUT2D eigenvalue weighted by Gasteiger charge is 2.24. The number of aliphatic hydroxyl groups is 1. The van der Waals surface area contributed by atoms with Crippen LogP contribution in [-0.2, 0) is 0 Å². The van der Waals surface area contributed by atoms with Gasteiger partial charge in [0.15, 0.2) is 0 Å². The molecule has 1 N–H and O–H groups in total. The van der Waals surface area contributed by atoms with E-state index in [1.165, 1.54) is 6.07 Å². The van der Waals surface area contributed by atoms with Gasteiger partial charge in [0.25, 0.3) is 0 Å². The molecule has 1 unspecified atom stereocenters. The molecular weight excluding hydrogens is 418 g/mol. The Morgan fingerprint density at radius 2 is 2.00 bits per heavy atom. The summed E-state index contributed by atoms with van der Waals surface area (Å²) in [7, 11) is 1.87. The van der Waals surface area contributed by atoms with Gasteiger partial charge in [0.2, 0.25) is 0 Å². The Kier molecular flexibility index (Phi) is 7.39. The van der Waals surface area contributed by atoms with Crippen molar-refractivity contribution in [3.8, 4) is 0 Å². The zero-order valence-corrected chi connectivity index (χ0v) is 19.1. The van der Waals surface area contributed by atoms with E-state index in [9.17, 15) is 13.9 Å². The van der Waals surface area contributed by atoms with Crippen LogP contribution in [0.1, 0.15) is 32.8 Å². The van der Waals surface area contributed by atoms with Crippen molar-refractivity contribution in [2.24, 2.45) is 5.92 Å². The first-order valence-electron chi connectivity index (χ1n) is 10.5. The summed E-state index contributed by atoms with van der Waals surface area (Å²) in [6.07, 6.45) is 12.9. The predicted molar refractivity (Wildman–Crippen MR) is 123 cm³/mol. The van der Waals surface area contributed by atoms with E-state index in [0.29, 0.717) is 18.2 Å². The first-order valence-corrected chi connectivity index (χ1v) is 10.9. The molecule has 166 valence electrons. The average molecular weight is 447 g/mol. The van der Waals surface area contributed by atoms with E-state index in [2.05, 4.69) is 32.9 Å². The second kappa shape index (κ2) is 9.84. The minimum Gasteiger partial charge on any atom is -0.390 e. The molecule has 1 aromatic rings. The fraction of sp³-hybridized carbons (Fsp3) is 0.360. The number of allylic oxidation sites excluding steroid dienone is 5. The van der Waals surface area contributed by atoms with Crippen molar-refractivity contribution in [3.63, 3.8) is 0 Å². The predicted octanol–water partition coefficient (Wildman–Crippen LogP) is 5.90. The molecule has 3 rings (SSSR count). The molecule has 2 aliphatic heterocycles. The first kappa shape index (κ1) is 23.3. The molecule has 1 atom stereocenters. The van der Waals surface area contributed by atoms with Crippen LogP contribution >= 0.6 is 11.6 Å². The third-order valence-electron chi connectivity index (χ3n) is 5.47. The minimum atomic E-state index is -0.779. The van der Waals surface area contributed by atoms with Crippen LogP contribution in [0.2, 0.25) is 5.02 Å². The number of rotatable bonds is 6. The van der Waals surface area contributed by atoms with Gasteiger partial charge in [-0.3, -0.25) is 0 Å². The Bertz CT molecular complexity index is 991. The van der Waals surface area contributed by atoms with Crippen LogP contribution in [0.4, 0.5) is 8.78 Å². The number of hydrogen-bond donors (Lipinski definition) is 1. The Morgan fingerprint density at radius 1 is 1.26 bits per heavy atom. The monoisotopic (exact) mass is 446 g/mol. The van der Waals surface area contributed by atoms with Gasteiger partial charge >= 0.3 is 0 Å². The maximum absolute atomic E-state index is 14.8. The molecule has 0 spiro atoms. The third-order valence-corrected chi connectivity index (χ3v) is 5.76. The molecular formula is C25H29ClF2N2O. The van der Waals surface area contributed by atoms with Gasteiger partial charge in [0.1, 0.15) is 11.6 Å². The Balaban J connectivity index is 2.12. The summed E-state index contributed by atoms with van der Waals surface area (Å²) >= 11 is 5.98. The molecule has 2 aliphatic rings. The second-order valence-electron chi connectivity index (χ2n) is 8.37. The normalized spacial score (nSPS) is 19.6. The van der Waals surface area contributed by atoms with E-state index in [1.54, 1.807) is 0 Å². The summed E-state index contributed by atoms with van der Waals surface area (Å²) in [6, 6.07) is 2.24. The van der Waals surface area contributed by atoms with Gasteiger partial charge in [0.05, 0.1) is 17.3 Å². The molecule has 0 amide bonds. The smallest absolute Gasteiger partial charge is 0.144 e. The summed E-state index contributed by atoms with van der Waals surface area (Å²) in [5.41, 5.74) is 3.41. The van der Waals surface area contributed by atoms with E-state index in [0.717, 1.165) is 29.3 Å². The number of nitrogens with zero attached hydrogens (tertiary/aromatic N) is 2. The van der Waals surface area contributed by atoms with Gasteiger partial charge in [-0.15, -0.1) is 0 Å². The molecule has 1 aromatic carbocycles. The molecule has 0 aromatic heterocycles. The van der Waals surface area contributed by atoms with Crippen molar-refractivity contribution >= 4 is 17.3 Å². The lowest BCUT2D eigenvalue weighted by atomic mass is 9.93. The van der Waals surface area contributed by atoms with E-state index in [1.807, 2.05) is 41.3 Å². The van der Waals surface area contributed by atoms with E-state index in [4.69, 9.17) is 11.6 Å². The standard InChI is InChI=1S/C25H29ClF2N2O/c1-16(2)7-10-19(15-31)30-14-18(9-8-17(30)3)20-6-5-11-29(4)25(20)21-12-22(26)24(28)13-23(21)27/h5-6,8-10,12-14,16-17,31H,7,11,15H2,1-4H3/b19-10-. The van der Waals surface area contributed by atoms with Crippen molar-refractivity contribution in [1.29, 1.82) is 0 Å². The van der Waals surface area contributed by atoms with Gasteiger partial charge in [-0.05, 0) is 30.9 Å². The van der Waals surface area contributed by atoms with Crippen LogP contribution in [0.15, 0.2) is 65.6 Å². The van der Waals surface area contributed by atoms with Crippen LogP contribution in [0.5, 0.6) is 0 Å². The van der Waals surface area contributed by atoms with Crippen LogP contribution in [0.25, 0.3) is 5.70 Å². The summed E-state index contributed by atoms with van der Waals surface area (Å²) in [6.45, 7) is 6.85. The topological polar surface area (TPSA) is 26.7 Å². The average Bonchev–Trinajstić information content (AvgIpc) is 2.72. The molecule has 0 fully saturated rings. The van der Waals surface area contributed by atoms with Gasteiger partial charge in [-0.25, -0.2) is 8.78 Å². The largest absolute Gasteiger partial charge is 0.390 e. The zero-order valence-electron chi connectivity index (χ0n) is 18.4. The summed E-state index contributed by atoms with van der Waals surface area (Å²) < 4.78 is 28.5. The Labute approximate surface area is 188 Å². The van der Waals surface area contributed by atoms with E-state index < -0.39 is 11.6 Å². The maximum atomic E-state index is 14.8. The molecule has 6 heteroatoms. The molecule has 0 bridgehead atoms. The van der Waals surface area contributed by atoms with Gasteiger partial charge in [0, 0.05) is 48.7 Å². The molecule has 0 radical (unpaired) electrons. The number of likely N-dealkylation sites (N-methyl/N-ethyl adjacent to an activating group) is 1. The van der Waals surface area contributed by atoms with Crippen molar-refractivity contribution in [1.82, 2.24) is 9.80 Å². The third kappa shape index (κ3) is 5.10. The summed E-state index contributed by atoms with van der Waals surface area (Å²) in [4.78, 5) is 3.96. The zero-order chi connectivity index (χ0) is 22.7. The molecule has 0 aliphatic carbocycles. The van der Waals surface area contributed by atoms with Gasteiger partial charge < -0.3 is 14.9 Å². The van der Waals surface area contributed by atoms with E-state index in [-0.39, 0.29) is 23.2 Å². The summed E-state index contributed by atoms with van der Waals surface area (Å²) in [5, 5.41) is 9.86. The van der Waals surface area contributed by atoms with Crippen LogP contribution < -0.4 is 0 Å². The van der Waals surface area contributed by atoms with Crippen molar-refractivity contribution in [3.05, 3.63) is 87.8 Å². The van der Waals surface area contributed by atoms with Crippen LogP contribution in [0.3, 0.4) is 0 Å². The fourth-order valence-electron chi connectivity index (χ4n) is 3.77. The molecule has 31 heavy (non-hydrogen) atoms. The maximum Gasteiger partial charge on any atom is 0.144 e. The van der Waals surface area contributed by atoms with Crippen LogP contribution in [-0.4, -0.2) is 41.1 Å². The molecule has 0 saturated heterocycles. The molecule has 3 nitrogen and oxygen atoms in total. The van der Waals surface area contributed by atoms with Crippen LogP contribution in [0, 0.1) is 17.6 Å². The lowest BCUT2D eigenvalue weighted by Gasteiger charge is -2.34. The molecule has 2 heterocycles.